The summed E-state index contributed by atoms with van der Waals surface area (Å²) in [5.41, 5.74) is 3.95. The van der Waals surface area contributed by atoms with E-state index in [9.17, 15) is 9.18 Å². The Labute approximate surface area is 176 Å². The zero-order valence-electron chi connectivity index (χ0n) is 17.1. The third kappa shape index (κ3) is 4.41. The zero-order chi connectivity index (χ0) is 21.0. The lowest BCUT2D eigenvalue weighted by Crippen LogP contribution is -2.43. The number of halogens is 1. The van der Waals surface area contributed by atoms with E-state index >= 15 is 0 Å². The second-order valence-electron chi connectivity index (χ2n) is 8.06. The van der Waals surface area contributed by atoms with Gasteiger partial charge in [-0.05, 0) is 59.8 Å². The van der Waals surface area contributed by atoms with Crippen LogP contribution in [0.3, 0.4) is 0 Å². The van der Waals surface area contributed by atoms with Crippen molar-refractivity contribution < 1.29 is 9.18 Å². The summed E-state index contributed by atoms with van der Waals surface area (Å²) >= 11 is 0. The van der Waals surface area contributed by atoms with Crippen molar-refractivity contribution in [3.63, 3.8) is 0 Å². The highest BCUT2D eigenvalue weighted by molar-refractivity contribution is 5.83. The predicted octanol–water partition coefficient (Wildman–Crippen LogP) is 4.07. The van der Waals surface area contributed by atoms with E-state index in [0.29, 0.717) is 13.0 Å². The van der Waals surface area contributed by atoms with Crippen molar-refractivity contribution in [3.05, 3.63) is 90.0 Å². The van der Waals surface area contributed by atoms with Gasteiger partial charge in [-0.15, -0.1) is 0 Å². The van der Waals surface area contributed by atoms with Crippen molar-refractivity contribution in [2.24, 2.45) is 5.41 Å². The monoisotopic (exact) mass is 403 g/mol. The van der Waals surface area contributed by atoms with Crippen molar-refractivity contribution >= 4 is 5.91 Å². The molecule has 4 rings (SSSR count). The Balaban J connectivity index is 1.49. The molecule has 1 amide bonds. The van der Waals surface area contributed by atoms with Gasteiger partial charge in [-0.3, -0.25) is 14.7 Å². The average molecular weight is 404 g/mol. The molecule has 0 spiro atoms. The number of hydrogen-bond acceptors (Lipinski definition) is 3. The van der Waals surface area contributed by atoms with Gasteiger partial charge in [0.15, 0.2) is 0 Å². The van der Waals surface area contributed by atoms with Crippen molar-refractivity contribution in [2.45, 2.75) is 19.4 Å². The molecule has 1 fully saturated rings. The number of likely N-dealkylation sites (tertiary alicyclic amines) is 1. The fourth-order valence-corrected chi connectivity index (χ4v) is 4.36. The lowest BCUT2D eigenvalue weighted by Gasteiger charge is -2.28. The number of carbonyl (C=O) groups excluding carboxylic acids is 1. The van der Waals surface area contributed by atoms with Crippen LogP contribution in [0.15, 0.2) is 73.1 Å². The van der Waals surface area contributed by atoms with Gasteiger partial charge in [-0.2, -0.15) is 0 Å². The SMILES string of the molecule is CNC(=O)C1(Cc2ccc(-c3cccnc3)cc2)CCN(Cc2ccc(F)cc2)C1. The Morgan fingerprint density at radius 1 is 1.07 bits per heavy atom. The standard InChI is InChI=1S/C25H26FN3O/c1-27-24(30)25(12-14-29(18-25)17-20-6-10-23(26)11-7-20)15-19-4-8-21(9-5-19)22-3-2-13-28-16-22/h2-11,13,16H,12,14-15,17-18H2,1H3,(H,27,30). The van der Waals surface area contributed by atoms with E-state index in [1.54, 1.807) is 13.2 Å². The number of carbonyl (C=O) groups is 1. The largest absolute Gasteiger partial charge is 0.359 e. The molecular formula is C25H26FN3O. The van der Waals surface area contributed by atoms with Gasteiger partial charge in [0, 0.05) is 32.5 Å². The van der Waals surface area contributed by atoms with Gasteiger partial charge in [-0.1, -0.05) is 42.5 Å². The Bertz CT molecular complexity index is 989. The summed E-state index contributed by atoms with van der Waals surface area (Å²) in [7, 11) is 1.71. The average Bonchev–Trinajstić information content (AvgIpc) is 3.19. The maximum absolute atomic E-state index is 13.2. The summed E-state index contributed by atoms with van der Waals surface area (Å²) in [5.74, 6) is -0.143. The maximum Gasteiger partial charge on any atom is 0.227 e. The number of rotatable bonds is 6. The first-order valence-corrected chi connectivity index (χ1v) is 10.3. The van der Waals surface area contributed by atoms with Crippen LogP contribution in [-0.2, 0) is 17.8 Å². The molecule has 0 saturated carbocycles. The molecule has 1 aliphatic rings. The van der Waals surface area contributed by atoms with Gasteiger partial charge in [0.1, 0.15) is 5.82 Å². The van der Waals surface area contributed by atoms with Gasteiger partial charge in [0.2, 0.25) is 5.91 Å². The fourth-order valence-electron chi connectivity index (χ4n) is 4.36. The van der Waals surface area contributed by atoms with Crippen LogP contribution < -0.4 is 5.32 Å². The molecule has 1 aromatic heterocycles. The lowest BCUT2D eigenvalue weighted by atomic mass is 9.79. The molecule has 0 radical (unpaired) electrons. The summed E-state index contributed by atoms with van der Waals surface area (Å²) in [4.78, 5) is 19.3. The Hall–Kier alpha value is -3.05. The van der Waals surface area contributed by atoms with E-state index in [-0.39, 0.29) is 11.7 Å². The number of nitrogens with zero attached hydrogens (tertiary/aromatic N) is 2. The molecule has 1 unspecified atom stereocenters. The third-order valence-electron chi connectivity index (χ3n) is 5.95. The van der Waals surface area contributed by atoms with E-state index in [1.165, 1.54) is 12.1 Å². The quantitative estimate of drug-likeness (QED) is 0.675. The molecule has 154 valence electrons. The highest BCUT2D eigenvalue weighted by Gasteiger charge is 2.43. The molecule has 1 aliphatic heterocycles. The molecule has 0 bridgehead atoms. The molecule has 4 nitrogen and oxygen atoms in total. The minimum Gasteiger partial charge on any atom is -0.359 e. The second-order valence-corrected chi connectivity index (χ2v) is 8.06. The Kier molecular flexibility index (Phi) is 5.91. The van der Waals surface area contributed by atoms with Crippen LogP contribution in [-0.4, -0.2) is 35.9 Å². The molecule has 1 N–H and O–H groups in total. The molecule has 3 aromatic rings. The number of aromatic nitrogens is 1. The topological polar surface area (TPSA) is 45.2 Å². The fraction of sp³-hybridized carbons (Fsp3) is 0.280. The number of pyridine rings is 1. The van der Waals surface area contributed by atoms with E-state index in [1.807, 2.05) is 30.5 Å². The van der Waals surface area contributed by atoms with Crippen LogP contribution in [0, 0.1) is 11.2 Å². The van der Waals surface area contributed by atoms with E-state index < -0.39 is 5.41 Å². The Morgan fingerprint density at radius 3 is 2.47 bits per heavy atom. The second kappa shape index (κ2) is 8.76. The first-order valence-electron chi connectivity index (χ1n) is 10.3. The van der Waals surface area contributed by atoms with E-state index in [0.717, 1.165) is 41.8 Å². The van der Waals surface area contributed by atoms with Gasteiger partial charge < -0.3 is 5.32 Å². The van der Waals surface area contributed by atoms with Crippen LogP contribution in [0.2, 0.25) is 0 Å². The maximum atomic E-state index is 13.2. The summed E-state index contributed by atoms with van der Waals surface area (Å²) < 4.78 is 13.2. The van der Waals surface area contributed by atoms with Crippen LogP contribution >= 0.6 is 0 Å². The van der Waals surface area contributed by atoms with Gasteiger partial charge in [-0.25, -0.2) is 4.39 Å². The predicted molar refractivity (Wildman–Crippen MR) is 116 cm³/mol. The van der Waals surface area contributed by atoms with Gasteiger partial charge in [0.25, 0.3) is 0 Å². The first kappa shape index (κ1) is 20.2. The molecule has 30 heavy (non-hydrogen) atoms. The zero-order valence-corrected chi connectivity index (χ0v) is 17.1. The number of nitrogens with one attached hydrogen (secondary N) is 1. The highest BCUT2D eigenvalue weighted by atomic mass is 19.1. The molecular weight excluding hydrogens is 377 g/mol. The molecule has 0 aliphatic carbocycles. The van der Waals surface area contributed by atoms with E-state index in [2.05, 4.69) is 39.5 Å². The molecule has 2 aromatic carbocycles. The van der Waals surface area contributed by atoms with Gasteiger partial charge in [0.05, 0.1) is 5.41 Å². The Morgan fingerprint density at radius 2 is 1.80 bits per heavy atom. The molecule has 1 saturated heterocycles. The van der Waals surface area contributed by atoms with Crippen molar-refractivity contribution in [1.82, 2.24) is 15.2 Å². The van der Waals surface area contributed by atoms with Crippen LogP contribution in [0.5, 0.6) is 0 Å². The summed E-state index contributed by atoms with van der Waals surface area (Å²) in [6, 6.07) is 19.0. The molecule has 1 atom stereocenters. The van der Waals surface area contributed by atoms with Crippen LogP contribution in [0.25, 0.3) is 11.1 Å². The third-order valence-corrected chi connectivity index (χ3v) is 5.95. The number of hydrogen-bond donors (Lipinski definition) is 1. The van der Waals surface area contributed by atoms with Crippen molar-refractivity contribution in [2.75, 3.05) is 20.1 Å². The number of amides is 1. The highest BCUT2D eigenvalue weighted by Crippen LogP contribution is 2.36. The van der Waals surface area contributed by atoms with Crippen molar-refractivity contribution in [1.29, 1.82) is 0 Å². The van der Waals surface area contributed by atoms with Gasteiger partial charge >= 0.3 is 0 Å². The summed E-state index contributed by atoms with van der Waals surface area (Å²) in [6.45, 7) is 2.26. The van der Waals surface area contributed by atoms with Crippen LogP contribution in [0.1, 0.15) is 17.5 Å². The molecule has 5 heteroatoms. The normalized spacial score (nSPS) is 19.0. The molecule has 2 heterocycles. The summed E-state index contributed by atoms with van der Waals surface area (Å²) in [5, 5.41) is 2.87. The van der Waals surface area contributed by atoms with Crippen LogP contribution in [0.4, 0.5) is 4.39 Å². The minimum absolute atomic E-state index is 0.0837. The minimum atomic E-state index is -0.454. The first-order chi connectivity index (χ1) is 14.6. The summed E-state index contributed by atoms with van der Waals surface area (Å²) in [6.07, 6.45) is 5.12. The smallest absolute Gasteiger partial charge is 0.227 e. The lowest BCUT2D eigenvalue weighted by molar-refractivity contribution is -0.130. The van der Waals surface area contributed by atoms with E-state index in [4.69, 9.17) is 0 Å². The number of benzene rings is 2. The van der Waals surface area contributed by atoms with Crippen molar-refractivity contribution in [3.8, 4) is 11.1 Å².